The van der Waals surface area contributed by atoms with Gasteiger partial charge in [0.1, 0.15) is 5.82 Å². The van der Waals surface area contributed by atoms with E-state index in [1.165, 1.54) is 12.1 Å². The van der Waals surface area contributed by atoms with Crippen molar-refractivity contribution < 1.29 is 12.8 Å². The van der Waals surface area contributed by atoms with Gasteiger partial charge in [-0.1, -0.05) is 6.07 Å². The van der Waals surface area contributed by atoms with Crippen LogP contribution >= 0.6 is 0 Å². The first-order valence-corrected chi connectivity index (χ1v) is 11.7. The monoisotopic (exact) mass is 428 g/mol. The summed E-state index contributed by atoms with van der Waals surface area (Å²) in [5.41, 5.74) is 3.42. The van der Waals surface area contributed by atoms with Crippen molar-refractivity contribution in [2.45, 2.75) is 17.9 Å². The van der Waals surface area contributed by atoms with Gasteiger partial charge in [-0.3, -0.25) is 4.90 Å². The zero-order valence-corrected chi connectivity index (χ0v) is 17.7. The molecule has 0 aliphatic carbocycles. The van der Waals surface area contributed by atoms with Gasteiger partial charge in [-0.15, -0.1) is 0 Å². The molecule has 2 N–H and O–H groups in total. The molecule has 1 saturated heterocycles. The van der Waals surface area contributed by atoms with Crippen molar-refractivity contribution in [3.63, 3.8) is 0 Å². The number of H-pyrrole nitrogens is 1. The number of rotatable bonds is 4. The molecular weight excluding hydrogens is 403 g/mol. The van der Waals surface area contributed by atoms with Crippen molar-refractivity contribution in [1.29, 1.82) is 0 Å². The van der Waals surface area contributed by atoms with Crippen LogP contribution in [0.15, 0.2) is 47.5 Å². The van der Waals surface area contributed by atoms with Crippen LogP contribution in [0.3, 0.4) is 0 Å². The van der Waals surface area contributed by atoms with E-state index in [4.69, 9.17) is 0 Å². The first-order chi connectivity index (χ1) is 14.4. The lowest BCUT2D eigenvalue weighted by Gasteiger charge is -2.29. The second-order valence-corrected chi connectivity index (χ2v) is 9.89. The zero-order chi connectivity index (χ0) is 20.9. The number of aromatic amines is 1. The third-order valence-corrected chi connectivity index (χ3v) is 8.32. The molecule has 8 heteroatoms. The summed E-state index contributed by atoms with van der Waals surface area (Å²) >= 11 is 0. The van der Waals surface area contributed by atoms with Gasteiger partial charge in [0.05, 0.1) is 4.90 Å². The maximum absolute atomic E-state index is 13.5. The van der Waals surface area contributed by atoms with E-state index >= 15 is 0 Å². The molecule has 0 amide bonds. The summed E-state index contributed by atoms with van der Waals surface area (Å²) in [5.74, 6) is -0.287. The van der Waals surface area contributed by atoms with Crippen molar-refractivity contribution in [3.05, 3.63) is 54.0 Å². The Bertz CT molecular complexity index is 1200. The third kappa shape index (κ3) is 3.24. The molecule has 0 bridgehead atoms. The minimum atomic E-state index is -3.50. The number of nitrogens with one attached hydrogen (secondary N) is 2. The lowest BCUT2D eigenvalue weighted by molar-refractivity contribution is 0.215. The van der Waals surface area contributed by atoms with Crippen LogP contribution in [0, 0.1) is 5.82 Å². The third-order valence-electron chi connectivity index (χ3n) is 6.28. The van der Waals surface area contributed by atoms with Gasteiger partial charge in [0.15, 0.2) is 0 Å². The molecule has 0 radical (unpaired) electrons. The highest BCUT2D eigenvalue weighted by Crippen LogP contribution is 2.41. The molecule has 1 fully saturated rings. The minimum absolute atomic E-state index is 0.212. The van der Waals surface area contributed by atoms with Crippen LogP contribution in [0.5, 0.6) is 0 Å². The summed E-state index contributed by atoms with van der Waals surface area (Å²) in [4.78, 5) is 5.81. The lowest BCUT2D eigenvalue weighted by Crippen LogP contribution is -2.46. The number of benzene rings is 2. The van der Waals surface area contributed by atoms with Gasteiger partial charge in [-0.05, 0) is 48.4 Å². The average molecular weight is 429 g/mol. The van der Waals surface area contributed by atoms with Crippen LogP contribution < -0.4 is 5.32 Å². The van der Waals surface area contributed by atoms with Gasteiger partial charge in [0.2, 0.25) is 10.0 Å². The van der Waals surface area contributed by atoms with Gasteiger partial charge in [-0.2, -0.15) is 4.31 Å². The van der Waals surface area contributed by atoms with E-state index in [1.54, 1.807) is 16.4 Å². The SMILES string of the molecule is CC1c2cc(-c3c[nH]c4cc(F)ccc34)ccc2S(=O)(=O)N1CCN1CCNCC1. The van der Waals surface area contributed by atoms with Crippen molar-refractivity contribution >= 4 is 20.9 Å². The maximum atomic E-state index is 13.5. The van der Waals surface area contributed by atoms with Crippen LogP contribution in [0.2, 0.25) is 0 Å². The van der Waals surface area contributed by atoms with Gasteiger partial charge < -0.3 is 10.3 Å². The second kappa shape index (κ2) is 7.46. The Kier molecular flexibility index (Phi) is 4.89. The number of halogens is 1. The summed E-state index contributed by atoms with van der Waals surface area (Å²) in [6.45, 7) is 6.96. The molecule has 1 aromatic heterocycles. The number of piperazine rings is 1. The van der Waals surface area contributed by atoms with Crippen LogP contribution in [0.25, 0.3) is 22.0 Å². The molecule has 2 aliphatic rings. The molecule has 30 heavy (non-hydrogen) atoms. The van der Waals surface area contributed by atoms with Crippen LogP contribution in [-0.2, 0) is 10.0 Å². The number of hydrogen-bond acceptors (Lipinski definition) is 4. The predicted molar refractivity (Wildman–Crippen MR) is 115 cm³/mol. The fourth-order valence-corrected chi connectivity index (χ4v) is 6.46. The number of nitrogens with zero attached hydrogens (tertiary/aromatic N) is 2. The smallest absolute Gasteiger partial charge is 0.244 e. The summed E-state index contributed by atoms with van der Waals surface area (Å²) in [7, 11) is -3.50. The molecule has 2 aromatic carbocycles. The van der Waals surface area contributed by atoms with E-state index < -0.39 is 10.0 Å². The Morgan fingerprint density at radius 2 is 1.90 bits per heavy atom. The zero-order valence-electron chi connectivity index (χ0n) is 16.9. The molecule has 6 nitrogen and oxygen atoms in total. The molecule has 2 aliphatic heterocycles. The van der Waals surface area contributed by atoms with Gasteiger partial charge in [0.25, 0.3) is 0 Å². The molecule has 5 rings (SSSR count). The number of hydrogen-bond donors (Lipinski definition) is 2. The predicted octanol–water partition coefficient (Wildman–Crippen LogP) is 2.94. The Balaban J connectivity index is 1.45. The normalized spacial score (nSPS) is 21.9. The van der Waals surface area contributed by atoms with Gasteiger partial charge >= 0.3 is 0 Å². The fourth-order valence-electron chi connectivity index (χ4n) is 4.59. The topological polar surface area (TPSA) is 68.4 Å². The molecule has 3 heterocycles. The van der Waals surface area contributed by atoms with E-state index in [-0.39, 0.29) is 11.9 Å². The number of aromatic nitrogens is 1. The van der Waals surface area contributed by atoms with Crippen molar-refractivity contribution in [1.82, 2.24) is 19.5 Å². The van der Waals surface area contributed by atoms with Crippen molar-refractivity contribution in [2.24, 2.45) is 0 Å². The number of fused-ring (bicyclic) bond motifs is 2. The van der Waals surface area contributed by atoms with E-state index in [2.05, 4.69) is 15.2 Å². The highest BCUT2D eigenvalue weighted by molar-refractivity contribution is 7.89. The largest absolute Gasteiger partial charge is 0.360 e. The highest BCUT2D eigenvalue weighted by atomic mass is 32.2. The summed E-state index contributed by atoms with van der Waals surface area (Å²) in [5, 5.41) is 4.24. The molecule has 1 atom stereocenters. The summed E-state index contributed by atoms with van der Waals surface area (Å²) in [6.07, 6.45) is 1.85. The van der Waals surface area contributed by atoms with Crippen LogP contribution in [0.1, 0.15) is 18.5 Å². The Labute approximate surface area is 175 Å². The average Bonchev–Trinajstić information content (AvgIpc) is 3.24. The Morgan fingerprint density at radius 1 is 1.10 bits per heavy atom. The van der Waals surface area contributed by atoms with E-state index in [9.17, 15) is 12.8 Å². The van der Waals surface area contributed by atoms with Crippen LogP contribution in [-0.4, -0.2) is 61.9 Å². The second-order valence-electron chi connectivity index (χ2n) is 8.03. The molecule has 0 spiro atoms. The van der Waals surface area contributed by atoms with Crippen molar-refractivity contribution in [3.8, 4) is 11.1 Å². The summed E-state index contributed by atoms with van der Waals surface area (Å²) < 4.78 is 41.5. The first-order valence-electron chi connectivity index (χ1n) is 10.3. The fraction of sp³-hybridized carbons (Fsp3) is 0.364. The van der Waals surface area contributed by atoms with E-state index in [0.717, 1.165) is 60.3 Å². The molecule has 3 aromatic rings. The Hall–Kier alpha value is -2.26. The molecule has 158 valence electrons. The van der Waals surface area contributed by atoms with E-state index in [1.807, 2.05) is 25.3 Å². The van der Waals surface area contributed by atoms with Gasteiger partial charge in [0, 0.05) is 68.0 Å². The molecule has 0 saturated carbocycles. The lowest BCUT2D eigenvalue weighted by atomic mass is 9.99. The number of sulfonamides is 1. The standard InChI is InChI=1S/C22H25FN4O2S/c1-15-19-12-16(20-14-25-21-13-17(23)3-4-18(20)21)2-5-22(19)30(28,29)27(15)11-10-26-8-6-24-7-9-26/h2-5,12-15,24-25H,6-11H2,1H3. The maximum Gasteiger partial charge on any atom is 0.244 e. The van der Waals surface area contributed by atoms with Crippen molar-refractivity contribution in [2.75, 3.05) is 39.3 Å². The summed E-state index contributed by atoms with van der Waals surface area (Å²) in [6, 6.07) is 9.97. The Morgan fingerprint density at radius 3 is 2.70 bits per heavy atom. The minimum Gasteiger partial charge on any atom is -0.360 e. The quantitative estimate of drug-likeness (QED) is 0.671. The first kappa shape index (κ1) is 19.7. The van der Waals surface area contributed by atoms with E-state index in [0.29, 0.717) is 11.4 Å². The highest BCUT2D eigenvalue weighted by Gasteiger charge is 2.40. The van der Waals surface area contributed by atoms with Crippen LogP contribution in [0.4, 0.5) is 4.39 Å². The molecule has 1 unspecified atom stereocenters. The molecular formula is C22H25FN4O2S. The van der Waals surface area contributed by atoms with Gasteiger partial charge in [-0.25, -0.2) is 12.8 Å².